The first-order valence-electron chi connectivity index (χ1n) is 9.13. The van der Waals surface area contributed by atoms with Crippen LogP contribution in [0.5, 0.6) is 11.5 Å². The third-order valence-corrected chi connectivity index (χ3v) is 3.73. The van der Waals surface area contributed by atoms with Crippen molar-refractivity contribution in [3.8, 4) is 11.5 Å². The van der Waals surface area contributed by atoms with Gasteiger partial charge in [-0.25, -0.2) is 9.13 Å². The third-order valence-electron chi connectivity index (χ3n) is 3.73. The van der Waals surface area contributed by atoms with E-state index in [0.717, 1.165) is 42.9 Å². The first-order valence-corrected chi connectivity index (χ1v) is 12.3. The van der Waals surface area contributed by atoms with Crippen LogP contribution in [0.1, 0.15) is 13.8 Å². The molecule has 7 N–H and O–H groups in total. The molecule has 1 aromatic carbocycles. The molecule has 16 heteroatoms. The van der Waals surface area contributed by atoms with Crippen LogP contribution in [0.4, 0.5) is 5.69 Å². The van der Waals surface area contributed by atoms with Gasteiger partial charge in [-0.3, -0.25) is 9.97 Å². The Hall–Kier alpha value is -1.86. The molecule has 1 aromatic heterocycles. The summed E-state index contributed by atoms with van der Waals surface area (Å²) in [6.45, 7) is 8.15. The molecular weight excluding hydrogens is 470 g/mol. The number of phosphoric acid groups is 2. The van der Waals surface area contributed by atoms with Crippen LogP contribution in [0, 0.1) is 0 Å². The standard InChI is InChI=1S/C16H24N4O2.2H3O4P/c1-5-20(6-2)10-9-19-15-14-12(17-7-8-18-14)11-13(21-3)16(15)22-4;2*1-5(2,3)4/h7-8,11,19H,5-6,9-10H2,1-4H3;2*(H3,1,2,3,4). The molecule has 2 rings (SSSR count). The molecule has 184 valence electrons. The first kappa shape index (κ1) is 30.1. The van der Waals surface area contributed by atoms with Crippen LogP contribution < -0.4 is 14.8 Å². The highest BCUT2D eigenvalue weighted by Gasteiger charge is 2.16. The molecule has 0 amide bonds. The quantitative estimate of drug-likeness (QED) is 0.246. The number of fused-ring (bicyclic) bond motifs is 1. The van der Waals surface area contributed by atoms with E-state index in [0.29, 0.717) is 11.5 Å². The first-order chi connectivity index (χ1) is 14.7. The van der Waals surface area contributed by atoms with Crippen LogP contribution in [-0.4, -0.2) is 84.6 Å². The summed E-state index contributed by atoms with van der Waals surface area (Å²) in [7, 11) is -6.02. The Labute approximate surface area is 185 Å². The van der Waals surface area contributed by atoms with E-state index in [1.165, 1.54) is 0 Å². The Balaban J connectivity index is 0.000000805. The van der Waals surface area contributed by atoms with Crippen LogP contribution in [0.3, 0.4) is 0 Å². The van der Waals surface area contributed by atoms with Crippen molar-refractivity contribution in [2.45, 2.75) is 13.8 Å². The van der Waals surface area contributed by atoms with Gasteiger partial charge in [-0.15, -0.1) is 0 Å². The largest absolute Gasteiger partial charge is 0.493 e. The number of hydrogen-bond donors (Lipinski definition) is 7. The fraction of sp³-hybridized carbons (Fsp3) is 0.500. The van der Waals surface area contributed by atoms with Gasteiger partial charge in [0.15, 0.2) is 11.5 Å². The number of nitrogens with one attached hydrogen (secondary N) is 1. The number of likely N-dealkylation sites (N-methyl/N-ethyl adjacent to an activating group) is 1. The van der Waals surface area contributed by atoms with Crippen LogP contribution >= 0.6 is 15.6 Å². The lowest BCUT2D eigenvalue weighted by Crippen LogP contribution is -2.28. The monoisotopic (exact) mass is 500 g/mol. The minimum atomic E-state index is -4.64. The van der Waals surface area contributed by atoms with Gasteiger partial charge >= 0.3 is 15.6 Å². The van der Waals surface area contributed by atoms with Gasteiger partial charge in [0.05, 0.1) is 19.7 Å². The lowest BCUT2D eigenvalue weighted by Gasteiger charge is -2.20. The highest BCUT2D eigenvalue weighted by Crippen LogP contribution is 2.39. The van der Waals surface area contributed by atoms with Gasteiger partial charge in [-0.1, -0.05) is 13.8 Å². The predicted molar refractivity (Wildman–Crippen MR) is 117 cm³/mol. The van der Waals surface area contributed by atoms with Crippen molar-refractivity contribution in [2.75, 3.05) is 45.7 Å². The fourth-order valence-corrected chi connectivity index (χ4v) is 2.46. The van der Waals surface area contributed by atoms with Crippen molar-refractivity contribution >= 4 is 32.4 Å². The molecule has 32 heavy (non-hydrogen) atoms. The van der Waals surface area contributed by atoms with Gasteiger partial charge in [0.2, 0.25) is 0 Å². The second-order valence-electron chi connectivity index (χ2n) is 5.89. The molecule has 0 bridgehead atoms. The zero-order chi connectivity index (χ0) is 24.9. The summed E-state index contributed by atoms with van der Waals surface area (Å²) in [5, 5.41) is 3.43. The highest BCUT2D eigenvalue weighted by atomic mass is 31.2. The summed E-state index contributed by atoms with van der Waals surface area (Å²) in [5.74, 6) is 1.32. The molecule has 0 unspecified atom stereocenters. The summed E-state index contributed by atoms with van der Waals surface area (Å²) < 4.78 is 28.7. The van der Waals surface area contributed by atoms with E-state index in [4.69, 9.17) is 48.0 Å². The molecule has 0 aliphatic heterocycles. The molecule has 0 saturated heterocycles. The molecule has 0 aliphatic carbocycles. The minimum Gasteiger partial charge on any atom is -0.493 e. The van der Waals surface area contributed by atoms with Gasteiger partial charge in [0.1, 0.15) is 11.2 Å². The molecule has 0 radical (unpaired) electrons. The molecule has 2 aromatic rings. The van der Waals surface area contributed by atoms with Gasteiger partial charge < -0.3 is 49.1 Å². The summed E-state index contributed by atoms with van der Waals surface area (Å²) in [6.07, 6.45) is 3.36. The number of rotatable bonds is 8. The zero-order valence-corrected chi connectivity index (χ0v) is 19.9. The Morgan fingerprint density at radius 3 is 1.88 bits per heavy atom. The third kappa shape index (κ3) is 13.5. The SMILES string of the molecule is CCN(CC)CCNc1c(OC)c(OC)cc2nccnc12.O=P(O)(O)O.O=P(O)(O)O. The van der Waals surface area contributed by atoms with E-state index >= 15 is 0 Å². The highest BCUT2D eigenvalue weighted by molar-refractivity contribution is 7.45. The lowest BCUT2D eigenvalue weighted by molar-refractivity contribution is 0.272. The zero-order valence-electron chi connectivity index (χ0n) is 18.1. The Morgan fingerprint density at radius 2 is 1.44 bits per heavy atom. The van der Waals surface area contributed by atoms with Gasteiger partial charge in [0.25, 0.3) is 0 Å². The van der Waals surface area contributed by atoms with E-state index in [9.17, 15) is 0 Å². The topological polar surface area (TPSA) is 215 Å². The summed E-state index contributed by atoms with van der Waals surface area (Å²) in [5.41, 5.74) is 2.40. The van der Waals surface area contributed by atoms with Crippen molar-refractivity contribution in [3.63, 3.8) is 0 Å². The van der Waals surface area contributed by atoms with Crippen molar-refractivity contribution in [1.29, 1.82) is 0 Å². The average molecular weight is 500 g/mol. The Morgan fingerprint density at radius 1 is 0.938 bits per heavy atom. The predicted octanol–water partition coefficient (Wildman–Crippen LogP) is 0.543. The second-order valence-corrected chi connectivity index (χ2v) is 7.94. The van der Waals surface area contributed by atoms with Crippen LogP contribution in [-0.2, 0) is 9.13 Å². The average Bonchev–Trinajstić information content (AvgIpc) is 2.68. The lowest BCUT2D eigenvalue weighted by atomic mass is 10.2. The van der Waals surface area contributed by atoms with Crippen LogP contribution in [0.15, 0.2) is 18.5 Å². The maximum absolute atomic E-state index is 8.88. The molecule has 0 saturated carbocycles. The minimum absolute atomic E-state index is 0.654. The molecular formula is C16H30N4O10P2. The van der Waals surface area contributed by atoms with E-state index in [2.05, 4.69) is 34.0 Å². The molecule has 0 aliphatic rings. The molecule has 0 atom stereocenters. The van der Waals surface area contributed by atoms with Crippen LogP contribution in [0.2, 0.25) is 0 Å². The van der Waals surface area contributed by atoms with E-state index in [-0.39, 0.29) is 0 Å². The number of ether oxygens (including phenoxy) is 2. The molecule has 0 spiro atoms. The summed E-state index contributed by atoms with van der Waals surface area (Å²) in [4.78, 5) is 54.3. The number of nitrogens with zero attached hydrogens (tertiary/aromatic N) is 3. The van der Waals surface area contributed by atoms with Gasteiger partial charge in [0, 0.05) is 31.5 Å². The number of benzene rings is 1. The van der Waals surface area contributed by atoms with E-state index in [1.807, 2.05) is 6.07 Å². The summed E-state index contributed by atoms with van der Waals surface area (Å²) >= 11 is 0. The van der Waals surface area contributed by atoms with Gasteiger partial charge in [-0.05, 0) is 13.1 Å². The number of aromatic nitrogens is 2. The maximum Gasteiger partial charge on any atom is 0.466 e. The van der Waals surface area contributed by atoms with Crippen molar-refractivity contribution in [1.82, 2.24) is 14.9 Å². The number of anilines is 1. The van der Waals surface area contributed by atoms with E-state index in [1.54, 1.807) is 26.6 Å². The molecule has 1 heterocycles. The second kappa shape index (κ2) is 14.3. The normalized spacial score (nSPS) is 11.2. The molecule has 0 fully saturated rings. The smallest absolute Gasteiger partial charge is 0.466 e. The van der Waals surface area contributed by atoms with E-state index < -0.39 is 15.6 Å². The summed E-state index contributed by atoms with van der Waals surface area (Å²) in [6, 6.07) is 1.84. The van der Waals surface area contributed by atoms with Crippen molar-refractivity contribution in [2.24, 2.45) is 0 Å². The molecule has 14 nitrogen and oxygen atoms in total. The fourth-order valence-electron chi connectivity index (χ4n) is 2.46. The Kier molecular flexibility index (Phi) is 13.5. The van der Waals surface area contributed by atoms with Crippen LogP contribution in [0.25, 0.3) is 11.0 Å². The number of methoxy groups -OCH3 is 2. The van der Waals surface area contributed by atoms with Gasteiger partial charge in [-0.2, -0.15) is 0 Å². The number of hydrogen-bond acceptors (Lipinski definition) is 8. The maximum atomic E-state index is 8.88. The van der Waals surface area contributed by atoms with Crippen molar-refractivity contribution in [3.05, 3.63) is 18.5 Å². The Bertz CT molecular complexity index is 881. The van der Waals surface area contributed by atoms with Crippen molar-refractivity contribution < 1.29 is 48.0 Å².